The molecule has 0 aliphatic heterocycles. The number of hydrogen-bond acceptors (Lipinski definition) is 2. The van der Waals surface area contributed by atoms with Crippen molar-refractivity contribution in [2.75, 3.05) is 0 Å². The van der Waals surface area contributed by atoms with Crippen LogP contribution < -0.4 is 23.5 Å². The third-order valence-electron chi connectivity index (χ3n) is 0.748. The maximum absolute atomic E-state index is 10.1. The van der Waals surface area contributed by atoms with Gasteiger partial charge in [0.2, 0.25) is 0 Å². The van der Waals surface area contributed by atoms with Crippen molar-refractivity contribution in [3.63, 3.8) is 0 Å². The van der Waals surface area contributed by atoms with Crippen LogP contribution >= 0.6 is 12.2 Å². The molecule has 0 aromatic rings. The summed E-state index contributed by atoms with van der Waals surface area (Å²) in [6.07, 6.45) is 0. The Morgan fingerprint density at radius 2 is 2.20 bits per heavy atom. The van der Waals surface area contributed by atoms with Gasteiger partial charge < -0.3 is 28.6 Å². The van der Waals surface area contributed by atoms with E-state index in [-0.39, 0.29) is 17.5 Å². The second-order valence-electron chi connectivity index (χ2n) is 1.63. The van der Waals surface area contributed by atoms with Gasteiger partial charge in [-0.2, -0.15) is 0 Å². The smallest absolute Gasteiger partial charge is 0.326 e. The van der Waals surface area contributed by atoms with Gasteiger partial charge >= 0.3 is 5.97 Å². The maximum atomic E-state index is 10.1. The molecule has 0 rings (SSSR count). The van der Waals surface area contributed by atoms with Gasteiger partial charge in [0.25, 0.3) is 5.11 Å². The third-order valence-corrected chi connectivity index (χ3v) is 0.866. The van der Waals surface area contributed by atoms with E-state index < -0.39 is 12.0 Å². The fourth-order valence-corrected chi connectivity index (χ4v) is 0.480. The number of halogens is 1. The molecule has 0 saturated carbocycles. The highest BCUT2D eigenvalue weighted by atomic mass is 35.5. The quantitative estimate of drug-likeness (QED) is 0.379. The van der Waals surface area contributed by atoms with Gasteiger partial charge in [-0.25, -0.2) is 0 Å². The number of carboxylic acid groups (broad SMARTS) is 1. The van der Waals surface area contributed by atoms with Gasteiger partial charge in [-0.15, -0.1) is 0 Å². The summed E-state index contributed by atoms with van der Waals surface area (Å²) in [6.45, 7) is 1.50. The zero-order valence-electron chi connectivity index (χ0n) is 5.43. The summed E-state index contributed by atoms with van der Waals surface area (Å²) in [7, 11) is 0. The Morgan fingerprint density at radius 3 is 2.30 bits per heavy atom. The number of hydrogen-bond donors (Lipinski definition) is 3. The second-order valence-corrected chi connectivity index (χ2v) is 2.12. The zero-order valence-corrected chi connectivity index (χ0v) is 7.00. The van der Waals surface area contributed by atoms with E-state index in [0.717, 1.165) is 0 Å². The van der Waals surface area contributed by atoms with Crippen molar-refractivity contribution in [1.82, 2.24) is 5.32 Å². The average molecular weight is 185 g/mol. The SMILES string of the molecule is CC(NC([NH3+])=S)C(=O)O.[Cl-]. The minimum absolute atomic E-state index is 0. The van der Waals surface area contributed by atoms with Crippen LogP contribution in [0.25, 0.3) is 0 Å². The van der Waals surface area contributed by atoms with Crippen LogP contribution in [0, 0.1) is 0 Å². The Morgan fingerprint density at radius 1 is 1.80 bits per heavy atom. The predicted octanol–water partition coefficient (Wildman–Crippen LogP) is -4.42. The molecule has 0 spiro atoms. The van der Waals surface area contributed by atoms with Crippen LogP contribution in [-0.2, 0) is 4.79 Å². The molecule has 0 fully saturated rings. The number of carbonyl (C=O) groups is 1. The standard InChI is InChI=1S/C4H8N2O2S.ClH/c1-2(3(7)8)6-4(5)9;/h2H,1H3,(H,7,8)(H3,5,6,9);1H. The summed E-state index contributed by atoms with van der Waals surface area (Å²) < 4.78 is 0. The molecule has 5 N–H and O–H groups in total. The Labute approximate surface area is 70.2 Å². The minimum atomic E-state index is -0.930. The Bertz CT molecular complexity index is 141. The lowest BCUT2D eigenvalue weighted by atomic mass is 10.4. The van der Waals surface area contributed by atoms with E-state index >= 15 is 0 Å². The van der Waals surface area contributed by atoms with Crippen molar-refractivity contribution in [3.05, 3.63) is 0 Å². The normalized spacial score (nSPS) is 11.0. The van der Waals surface area contributed by atoms with Crippen molar-refractivity contribution >= 4 is 23.3 Å². The first kappa shape index (κ1) is 12.3. The van der Waals surface area contributed by atoms with Crippen molar-refractivity contribution in [1.29, 1.82) is 0 Å². The van der Waals surface area contributed by atoms with E-state index in [4.69, 9.17) is 5.11 Å². The summed E-state index contributed by atoms with van der Waals surface area (Å²) in [5, 5.41) is 11.0. The second kappa shape index (κ2) is 5.40. The van der Waals surface area contributed by atoms with E-state index in [1.807, 2.05) is 0 Å². The molecule has 60 valence electrons. The van der Waals surface area contributed by atoms with Gasteiger partial charge in [0.1, 0.15) is 6.04 Å². The minimum Gasteiger partial charge on any atom is -1.00 e. The molecule has 4 nitrogen and oxygen atoms in total. The fourth-order valence-electron chi connectivity index (χ4n) is 0.303. The van der Waals surface area contributed by atoms with Gasteiger partial charge in [0.05, 0.1) is 0 Å². The monoisotopic (exact) mass is 184 g/mol. The first-order valence-corrected chi connectivity index (χ1v) is 2.80. The Balaban J connectivity index is 0. The summed E-state index contributed by atoms with van der Waals surface area (Å²) in [5.41, 5.74) is 3.32. The Kier molecular flexibility index (Phi) is 6.64. The van der Waals surface area contributed by atoms with E-state index in [1.165, 1.54) is 6.92 Å². The molecule has 1 atom stereocenters. The van der Waals surface area contributed by atoms with Crippen LogP contribution in [0.4, 0.5) is 0 Å². The van der Waals surface area contributed by atoms with Gasteiger partial charge in [0.15, 0.2) is 0 Å². The number of quaternary nitrogens is 1. The molecule has 0 aliphatic rings. The maximum Gasteiger partial charge on any atom is 0.326 e. The van der Waals surface area contributed by atoms with Crippen LogP contribution in [-0.4, -0.2) is 22.2 Å². The van der Waals surface area contributed by atoms with Crippen LogP contribution in [0.2, 0.25) is 0 Å². The Hall–Kier alpha value is -0.390. The molecule has 0 aromatic carbocycles. The topological polar surface area (TPSA) is 77.0 Å². The molecule has 0 saturated heterocycles. The number of carboxylic acids is 1. The predicted molar refractivity (Wildman–Crippen MR) is 35.7 cm³/mol. The molecule has 10 heavy (non-hydrogen) atoms. The number of rotatable bonds is 2. The fraction of sp³-hybridized carbons (Fsp3) is 0.500. The molecule has 1 unspecified atom stereocenters. The molecular weight excluding hydrogens is 176 g/mol. The molecule has 0 bridgehead atoms. The van der Waals surface area contributed by atoms with Crippen LogP contribution in [0.5, 0.6) is 0 Å². The summed E-state index contributed by atoms with van der Waals surface area (Å²) >= 11 is 4.51. The zero-order chi connectivity index (χ0) is 7.44. The van der Waals surface area contributed by atoms with Crippen LogP contribution in [0.1, 0.15) is 6.92 Å². The molecule has 0 heterocycles. The lowest BCUT2D eigenvalue weighted by Gasteiger charge is -2.03. The number of aliphatic carboxylic acids is 1. The summed E-state index contributed by atoms with van der Waals surface area (Å²) in [4.78, 5) is 10.1. The third kappa shape index (κ3) is 5.74. The van der Waals surface area contributed by atoms with Crippen molar-refractivity contribution in [3.8, 4) is 0 Å². The van der Waals surface area contributed by atoms with E-state index in [0.29, 0.717) is 0 Å². The van der Waals surface area contributed by atoms with E-state index in [2.05, 4.69) is 23.3 Å². The lowest BCUT2D eigenvalue weighted by molar-refractivity contribution is -0.216. The highest BCUT2D eigenvalue weighted by molar-refractivity contribution is 7.79. The molecule has 0 amide bonds. The van der Waals surface area contributed by atoms with E-state index in [9.17, 15) is 4.79 Å². The van der Waals surface area contributed by atoms with Crippen molar-refractivity contribution < 1.29 is 28.0 Å². The summed E-state index contributed by atoms with van der Waals surface area (Å²) in [6, 6.07) is -0.644. The number of thiocarbonyl (C=S) groups is 1. The highest BCUT2D eigenvalue weighted by Gasteiger charge is 2.10. The molecule has 0 aliphatic carbocycles. The lowest BCUT2D eigenvalue weighted by Crippen LogP contribution is -3.00. The first-order valence-electron chi connectivity index (χ1n) is 2.39. The van der Waals surface area contributed by atoms with Crippen molar-refractivity contribution in [2.45, 2.75) is 13.0 Å². The highest BCUT2D eigenvalue weighted by Crippen LogP contribution is 1.77. The van der Waals surface area contributed by atoms with Gasteiger partial charge in [-0.1, -0.05) is 0 Å². The van der Waals surface area contributed by atoms with Gasteiger partial charge in [-0.3, -0.25) is 4.79 Å². The first-order chi connectivity index (χ1) is 4.04. The average Bonchev–Trinajstić information content (AvgIpc) is 1.63. The molecular formula is C4H9ClN2O2S. The number of nitrogens with one attached hydrogen (secondary N) is 1. The molecule has 6 heteroatoms. The molecule has 0 radical (unpaired) electrons. The van der Waals surface area contributed by atoms with E-state index in [1.54, 1.807) is 0 Å². The van der Waals surface area contributed by atoms with Crippen LogP contribution in [0.3, 0.4) is 0 Å². The van der Waals surface area contributed by atoms with Gasteiger partial charge in [-0.05, 0) is 6.92 Å². The van der Waals surface area contributed by atoms with Crippen LogP contribution in [0.15, 0.2) is 0 Å². The summed E-state index contributed by atoms with van der Waals surface area (Å²) in [5.74, 6) is -0.930. The largest absolute Gasteiger partial charge is 1.00 e. The van der Waals surface area contributed by atoms with Gasteiger partial charge in [0, 0.05) is 12.2 Å². The molecule has 0 aromatic heterocycles. The van der Waals surface area contributed by atoms with Crippen molar-refractivity contribution in [2.24, 2.45) is 0 Å².